The average molecular weight is 399 g/mol. The van der Waals surface area contributed by atoms with E-state index in [2.05, 4.69) is 9.44 Å². The van der Waals surface area contributed by atoms with Crippen LogP contribution in [-0.4, -0.2) is 56.2 Å². The molecular formula is C13H25N3O7S2. The number of esters is 1. The maximum atomic E-state index is 12.7. The van der Waals surface area contributed by atoms with Gasteiger partial charge in [0, 0.05) is 6.54 Å². The fourth-order valence-electron chi connectivity index (χ4n) is 2.08. The maximum absolute atomic E-state index is 12.7. The van der Waals surface area contributed by atoms with Gasteiger partial charge >= 0.3 is 16.1 Å². The average Bonchev–Trinajstić information content (AvgIpc) is 2.55. The first-order valence-corrected chi connectivity index (χ1v) is 10.7. The normalized spacial score (nSPS) is 22.3. The number of nitrogens with two attached hydrogens (primary N) is 1. The van der Waals surface area contributed by atoms with Crippen LogP contribution in [0.3, 0.4) is 0 Å². The van der Waals surface area contributed by atoms with Gasteiger partial charge in [-0.1, -0.05) is 5.16 Å². The molecule has 0 saturated carbocycles. The summed E-state index contributed by atoms with van der Waals surface area (Å²) in [4.78, 5) is 11.4. The molecule has 0 bridgehead atoms. The predicted molar refractivity (Wildman–Crippen MR) is 91.3 cm³/mol. The minimum Gasteiger partial charge on any atom is -0.465 e. The minimum atomic E-state index is -4.43. The Morgan fingerprint density at radius 1 is 1.32 bits per heavy atom. The van der Waals surface area contributed by atoms with Gasteiger partial charge in [0.1, 0.15) is 6.04 Å². The van der Waals surface area contributed by atoms with Crippen LogP contribution in [0.15, 0.2) is 5.16 Å². The van der Waals surface area contributed by atoms with E-state index in [1.54, 1.807) is 6.92 Å². The SMILES string of the molecule is CCOC(=O)C(N)CCCCN1C(C)=NOS(=O)(=O)C(C)(C)S1(=O)=O. The first kappa shape index (κ1) is 21.6. The van der Waals surface area contributed by atoms with Crippen molar-refractivity contribution in [3.63, 3.8) is 0 Å². The predicted octanol–water partition coefficient (Wildman–Crippen LogP) is 0.108. The molecule has 0 aromatic heterocycles. The molecule has 0 amide bonds. The smallest absolute Gasteiger partial charge is 0.350 e. The van der Waals surface area contributed by atoms with Crippen LogP contribution in [0.4, 0.5) is 0 Å². The molecule has 0 fully saturated rings. The van der Waals surface area contributed by atoms with Gasteiger partial charge < -0.3 is 10.5 Å². The lowest BCUT2D eigenvalue weighted by atomic mass is 10.1. The topological polar surface area (TPSA) is 145 Å². The van der Waals surface area contributed by atoms with Gasteiger partial charge in [-0.05, 0) is 47.0 Å². The number of oxime groups is 1. The van der Waals surface area contributed by atoms with E-state index in [9.17, 15) is 21.6 Å². The molecule has 0 aromatic rings. The molecule has 1 aliphatic heterocycles. The Morgan fingerprint density at radius 2 is 1.92 bits per heavy atom. The zero-order valence-corrected chi connectivity index (χ0v) is 16.4. The summed E-state index contributed by atoms with van der Waals surface area (Å²) in [5.41, 5.74) is 5.68. The van der Waals surface area contributed by atoms with E-state index < -0.39 is 36.2 Å². The maximum Gasteiger partial charge on any atom is 0.350 e. The second-order valence-electron chi connectivity index (χ2n) is 6.00. The second-order valence-corrected chi connectivity index (χ2v) is 10.7. The van der Waals surface area contributed by atoms with E-state index in [-0.39, 0.29) is 19.0 Å². The van der Waals surface area contributed by atoms with Crippen molar-refractivity contribution in [3.8, 4) is 0 Å². The largest absolute Gasteiger partial charge is 0.465 e. The minimum absolute atomic E-state index is 0.00444. The number of carbonyl (C=O) groups is 1. The molecule has 0 aromatic carbocycles. The van der Waals surface area contributed by atoms with Crippen LogP contribution in [0.25, 0.3) is 0 Å². The van der Waals surface area contributed by atoms with Crippen molar-refractivity contribution >= 4 is 31.9 Å². The van der Waals surface area contributed by atoms with Crippen molar-refractivity contribution in [2.75, 3.05) is 13.2 Å². The third kappa shape index (κ3) is 4.42. The number of hydrogen-bond acceptors (Lipinski definition) is 9. The van der Waals surface area contributed by atoms with Crippen molar-refractivity contribution < 1.29 is 30.7 Å². The van der Waals surface area contributed by atoms with Crippen LogP contribution in [0.1, 0.15) is 47.0 Å². The fourth-order valence-corrected chi connectivity index (χ4v) is 5.14. The van der Waals surface area contributed by atoms with Crippen LogP contribution < -0.4 is 5.73 Å². The van der Waals surface area contributed by atoms with E-state index in [0.717, 1.165) is 18.2 Å². The summed E-state index contributed by atoms with van der Waals surface area (Å²) in [6, 6.07) is -0.782. The van der Waals surface area contributed by atoms with Gasteiger partial charge in [-0.2, -0.15) is 8.42 Å². The highest BCUT2D eigenvalue weighted by atomic mass is 32.3. The van der Waals surface area contributed by atoms with Crippen molar-refractivity contribution in [3.05, 3.63) is 0 Å². The molecule has 1 heterocycles. The van der Waals surface area contributed by atoms with Gasteiger partial charge in [0.2, 0.25) is 4.08 Å². The van der Waals surface area contributed by atoms with E-state index in [4.69, 9.17) is 10.5 Å². The molecule has 2 N–H and O–H groups in total. The highest BCUT2D eigenvalue weighted by molar-refractivity contribution is 8.07. The van der Waals surface area contributed by atoms with Crippen LogP contribution in [0.5, 0.6) is 0 Å². The van der Waals surface area contributed by atoms with Crippen molar-refractivity contribution in [2.24, 2.45) is 10.9 Å². The third-order valence-electron chi connectivity index (χ3n) is 3.86. The Morgan fingerprint density at radius 3 is 2.48 bits per heavy atom. The number of sulfonamides is 1. The standard InChI is InChI=1S/C13H25N3O7S2/c1-5-22-12(17)11(14)8-6-7-9-16-10(2)15-23-25(20,21)13(3,4)24(16,18)19/h11H,5-9,14H2,1-4H3. The number of ether oxygens (including phenoxy) is 1. The van der Waals surface area contributed by atoms with Crippen LogP contribution >= 0.6 is 0 Å². The highest BCUT2D eigenvalue weighted by Crippen LogP contribution is 2.31. The summed E-state index contributed by atoms with van der Waals surface area (Å²) >= 11 is 0. The molecular weight excluding hydrogens is 374 g/mol. The lowest BCUT2D eigenvalue weighted by molar-refractivity contribution is -0.144. The van der Waals surface area contributed by atoms with Gasteiger partial charge in [-0.25, -0.2) is 8.42 Å². The van der Waals surface area contributed by atoms with Crippen LogP contribution in [0.2, 0.25) is 0 Å². The first-order valence-electron chi connectivity index (χ1n) is 7.80. The van der Waals surface area contributed by atoms with Gasteiger partial charge in [0.25, 0.3) is 10.0 Å². The summed E-state index contributed by atoms with van der Waals surface area (Å²) in [5.74, 6) is -0.591. The van der Waals surface area contributed by atoms with E-state index >= 15 is 0 Å². The van der Waals surface area contributed by atoms with Gasteiger partial charge in [-0.3, -0.25) is 13.4 Å². The van der Waals surface area contributed by atoms with E-state index in [1.807, 2.05) is 0 Å². The molecule has 0 saturated heterocycles. The van der Waals surface area contributed by atoms with Gasteiger partial charge in [0.15, 0.2) is 5.84 Å². The monoisotopic (exact) mass is 399 g/mol. The van der Waals surface area contributed by atoms with Gasteiger partial charge in [-0.15, -0.1) is 0 Å². The molecule has 1 atom stereocenters. The Balaban J connectivity index is 2.79. The van der Waals surface area contributed by atoms with Gasteiger partial charge in [0.05, 0.1) is 6.61 Å². The summed E-state index contributed by atoms with van der Waals surface area (Å²) in [6.07, 6.45) is 1.13. The number of hydrogen-bond donors (Lipinski definition) is 1. The Bertz CT molecular complexity index is 729. The molecule has 146 valence electrons. The quantitative estimate of drug-likeness (QED) is 0.469. The number of nitrogens with zero attached hydrogens (tertiary/aromatic N) is 2. The molecule has 0 aliphatic carbocycles. The second kappa shape index (κ2) is 7.87. The molecule has 12 heteroatoms. The van der Waals surface area contributed by atoms with E-state index in [1.165, 1.54) is 6.92 Å². The van der Waals surface area contributed by atoms with E-state index in [0.29, 0.717) is 19.3 Å². The van der Waals surface area contributed by atoms with Crippen LogP contribution in [0, 0.1) is 0 Å². The molecule has 1 aliphatic rings. The lowest BCUT2D eigenvalue weighted by Gasteiger charge is -2.28. The Hall–Kier alpha value is -1.40. The molecule has 0 radical (unpaired) electrons. The van der Waals surface area contributed by atoms with Crippen molar-refractivity contribution in [1.82, 2.24) is 4.31 Å². The van der Waals surface area contributed by atoms with Crippen molar-refractivity contribution in [1.29, 1.82) is 0 Å². The number of carbonyl (C=O) groups excluding carboxylic acids is 1. The summed E-state index contributed by atoms with van der Waals surface area (Å²) in [5, 5.41) is 3.39. The summed E-state index contributed by atoms with van der Waals surface area (Å²) in [7, 11) is -8.68. The highest BCUT2D eigenvalue weighted by Gasteiger charge is 2.54. The summed E-state index contributed by atoms with van der Waals surface area (Å²) < 4.78 is 57.3. The third-order valence-corrected chi connectivity index (χ3v) is 8.85. The van der Waals surface area contributed by atoms with Crippen molar-refractivity contribution in [2.45, 2.75) is 57.1 Å². The number of unbranched alkanes of at least 4 members (excludes halogenated alkanes) is 1. The molecule has 0 spiro atoms. The zero-order valence-electron chi connectivity index (χ0n) is 14.8. The zero-order chi connectivity index (χ0) is 19.5. The molecule has 1 unspecified atom stereocenters. The summed E-state index contributed by atoms with van der Waals surface area (Å²) in [6.45, 7) is 5.35. The number of amidine groups is 1. The Kier molecular flexibility index (Phi) is 6.81. The fraction of sp³-hybridized carbons (Fsp3) is 0.846. The lowest BCUT2D eigenvalue weighted by Crippen LogP contribution is -2.49. The molecule has 1 rings (SSSR count). The number of rotatable bonds is 7. The molecule has 10 nitrogen and oxygen atoms in total. The Labute approximate surface area is 148 Å². The molecule has 25 heavy (non-hydrogen) atoms. The van der Waals surface area contributed by atoms with Crippen LogP contribution in [-0.2, 0) is 34.0 Å². The first-order chi connectivity index (χ1) is 11.4.